The summed E-state index contributed by atoms with van der Waals surface area (Å²) < 4.78 is 5.25. The lowest BCUT2D eigenvalue weighted by Crippen LogP contribution is -2.40. The highest BCUT2D eigenvalue weighted by Gasteiger charge is 2.38. The molecule has 3 nitrogen and oxygen atoms in total. The molecule has 0 unspecified atom stereocenters. The van der Waals surface area contributed by atoms with Crippen molar-refractivity contribution >= 4 is 0 Å². The van der Waals surface area contributed by atoms with Gasteiger partial charge in [0.1, 0.15) is 11.4 Å². The number of benzene rings is 2. The molecule has 2 rings (SSSR count). The Kier molecular flexibility index (Phi) is 5.45. The highest BCUT2D eigenvalue weighted by Crippen LogP contribution is 2.39. The van der Waals surface area contributed by atoms with Gasteiger partial charge in [-0.15, -0.1) is 0 Å². The smallest absolute Gasteiger partial charge is 0.119 e. The molecule has 0 aliphatic heterocycles. The lowest BCUT2D eigenvalue weighted by Gasteiger charge is -2.37. The molecule has 0 saturated heterocycles. The van der Waals surface area contributed by atoms with Crippen molar-refractivity contribution in [3.05, 3.63) is 65.2 Å². The first-order chi connectivity index (χ1) is 10.9. The summed E-state index contributed by atoms with van der Waals surface area (Å²) in [5.74, 6) is 0.827. The summed E-state index contributed by atoms with van der Waals surface area (Å²) in [6.45, 7) is 4.93. The Labute approximate surface area is 139 Å². The van der Waals surface area contributed by atoms with Crippen molar-refractivity contribution in [2.45, 2.75) is 19.4 Å². The largest absolute Gasteiger partial charge is 0.497 e. The molecule has 0 fully saturated rings. The lowest BCUT2D eigenvalue weighted by atomic mass is 9.75. The Hall–Kier alpha value is -1.84. The van der Waals surface area contributed by atoms with Crippen LogP contribution in [0.5, 0.6) is 5.75 Å². The molecule has 23 heavy (non-hydrogen) atoms. The Balaban J connectivity index is 2.56. The fourth-order valence-electron chi connectivity index (χ4n) is 3.23. The van der Waals surface area contributed by atoms with Crippen LogP contribution < -0.4 is 4.74 Å². The van der Waals surface area contributed by atoms with E-state index in [4.69, 9.17) is 4.74 Å². The van der Waals surface area contributed by atoms with E-state index in [0.29, 0.717) is 0 Å². The van der Waals surface area contributed by atoms with Gasteiger partial charge in [0.2, 0.25) is 0 Å². The predicted octanol–water partition coefficient (Wildman–Crippen LogP) is 3.44. The Morgan fingerprint density at radius 1 is 1.09 bits per heavy atom. The Morgan fingerprint density at radius 2 is 1.70 bits per heavy atom. The molecule has 0 bridgehead atoms. The molecule has 2 atom stereocenters. The Bertz CT molecular complexity index is 636. The molecule has 0 spiro atoms. The van der Waals surface area contributed by atoms with Gasteiger partial charge in [-0.1, -0.05) is 43.3 Å². The maximum atomic E-state index is 11.7. The van der Waals surface area contributed by atoms with Gasteiger partial charge in [-0.05, 0) is 49.8 Å². The molecule has 3 heteroatoms. The molecule has 0 amide bonds. The predicted molar refractivity (Wildman–Crippen MR) is 94.9 cm³/mol. The van der Waals surface area contributed by atoms with Crippen molar-refractivity contribution in [2.75, 3.05) is 27.7 Å². The molecule has 124 valence electrons. The van der Waals surface area contributed by atoms with Crippen molar-refractivity contribution in [1.29, 1.82) is 0 Å². The number of rotatable bonds is 6. The number of aryl methyl sites for hydroxylation is 1. The molecule has 0 saturated carbocycles. The van der Waals surface area contributed by atoms with Crippen LogP contribution in [0.4, 0.5) is 0 Å². The van der Waals surface area contributed by atoms with Crippen molar-refractivity contribution in [3.8, 4) is 5.75 Å². The van der Waals surface area contributed by atoms with Crippen LogP contribution in [-0.2, 0) is 5.60 Å². The number of aliphatic hydroxyl groups is 1. The SMILES string of the molecule is COc1ccc([C@@](O)(c2ccccc2C)[C@@H](C)CN(C)C)cc1. The van der Waals surface area contributed by atoms with Gasteiger partial charge >= 0.3 is 0 Å². The second kappa shape index (κ2) is 7.16. The van der Waals surface area contributed by atoms with Crippen LogP contribution in [-0.4, -0.2) is 37.8 Å². The van der Waals surface area contributed by atoms with Gasteiger partial charge in [0, 0.05) is 12.5 Å². The minimum absolute atomic E-state index is 0.0343. The van der Waals surface area contributed by atoms with E-state index in [1.165, 1.54) is 0 Å². The number of methoxy groups -OCH3 is 1. The van der Waals surface area contributed by atoms with Crippen LogP contribution in [0.1, 0.15) is 23.6 Å². The van der Waals surface area contributed by atoms with Gasteiger partial charge in [0.15, 0.2) is 0 Å². The van der Waals surface area contributed by atoms with Gasteiger partial charge in [0.05, 0.1) is 7.11 Å². The van der Waals surface area contributed by atoms with Crippen LogP contribution in [0.25, 0.3) is 0 Å². The molecule has 0 aliphatic rings. The highest BCUT2D eigenvalue weighted by molar-refractivity contribution is 5.43. The molecular formula is C20H27NO2. The molecule has 2 aromatic carbocycles. The van der Waals surface area contributed by atoms with Crippen LogP contribution in [0.15, 0.2) is 48.5 Å². The van der Waals surface area contributed by atoms with E-state index in [-0.39, 0.29) is 5.92 Å². The minimum Gasteiger partial charge on any atom is -0.497 e. The first kappa shape index (κ1) is 17.5. The van der Waals surface area contributed by atoms with Crippen molar-refractivity contribution in [3.63, 3.8) is 0 Å². The van der Waals surface area contributed by atoms with Crippen LogP contribution >= 0.6 is 0 Å². The molecule has 0 aliphatic carbocycles. The zero-order valence-corrected chi connectivity index (χ0v) is 14.7. The number of hydrogen-bond acceptors (Lipinski definition) is 3. The summed E-state index contributed by atoms with van der Waals surface area (Å²) in [6, 6.07) is 15.8. The van der Waals surface area contributed by atoms with Crippen LogP contribution in [0.2, 0.25) is 0 Å². The third kappa shape index (κ3) is 3.57. The second-order valence-electron chi connectivity index (χ2n) is 6.47. The number of ether oxygens (including phenoxy) is 1. The minimum atomic E-state index is -1.04. The molecule has 0 aromatic heterocycles. The van der Waals surface area contributed by atoms with Gasteiger partial charge < -0.3 is 14.7 Å². The van der Waals surface area contributed by atoms with Crippen molar-refractivity contribution in [1.82, 2.24) is 4.90 Å². The van der Waals surface area contributed by atoms with E-state index in [2.05, 4.69) is 11.8 Å². The standard InChI is InChI=1S/C20H27NO2/c1-15-8-6-7-9-19(15)20(22,16(2)14-21(3)4)17-10-12-18(23-5)13-11-17/h6-13,16,22H,14H2,1-5H3/t16-,20+/m0/s1. The molecule has 2 aromatic rings. The molecule has 0 radical (unpaired) electrons. The van der Waals surface area contributed by atoms with Crippen molar-refractivity contribution in [2.24, 2.45) is 5.92 Å². The van der Waals surface area contributed by atoms with Crippen LogP contribution in [0, 0.1) is 12.8 Å². The average molecular weight is 313 g/mol. The monoisotopic (exact) mass is 313 g/mol. The average Bonchev–Trinajstić information content (AvgIpc) is 2.54. The highest BCUT2D eigenvalue weighted by atomic mass is 16.5. The summed E-state index contributed by atoms with van der Waals surface area (Å²) in [4.78, 5) is 2.11. The van der Waals surface area contributed by atoms with Crippen molar-refractivity contribution < 1.29 is 9.84 Å². The van der Waals surface area contributed by atoms with E-state index in [9.17, 15) is 5.11 Å². The lowest BCUT2D eigenvalue weighted by molar-refractivity contribution is 0.0129. The summed E-state index contributed by atoms with van der Waals surface area (Å²) in [6.07, 6.45) is 0. The quantitative estimate of drug-likeness (QED) is 0.887. The van der Waals surface area contributed by atoms with E-state index >= 15 is 0 Å². The third-order valence-corrected chi connectivity index (χ3v) is 4.44. The summed E-state index contributed by atoms with van der Waals surface area (Å²) >= 11 is 0. The van der Waals surface area contributed by atoms with Gasteiger partial charge in [-0.25, -0.2) is 0 Å². The van der Waals surface area contributed by atoms with E-state index in [0.717, 1.165) is 29.0 Å². The van der Waals surface area contributed by atoms with E-state index in [1.54, 1.807) is 7.11 Å². The summed E-state index contributed by atoms with van der Waals surface area (Å²) in [5, 5.41) is 11.7. The van der Waals surface area contributed by atoms with Gasteiger partial charge in [-0.2, -0.15) is 0 Å². The zero-order valence-electron chi connectivity index (χ0n) is 14.7. The summed E-state index contributed by atoms with van der Waals surface area (Å²) in [7, 11) is 5.71. The number of hydrogen-bond donors (Lipinski definition) is 1. The normalized spacial score (nSPS) is 15.3. The first-order valence-corrected chi connectivity index (χ1v) is 7.97. The van der Waals surface area contributed by atoms with Gasteiger partial charge in [0.25, 0.3) is 0 Å². The van der Waals surface area contributed by atoms with Crippen LogP contribution in [0.3, 0.4) is 0 Å². The first-order valence-electron chi connectivity index (χ1n) is 7.97. The van der Waals surface area contributed by atoms with E-state index in [1.807, 2.05) is 69.6 Å². The number of nitrogens with zero attached hydrogens (tertiary/aromatic N) is 1. The second-order valence-corrected chi connectivity index (χ2v) is 6.47. The molecular weight excluding hydrogens is 286 g/mol. The maximum absolute atomic E-state index is 11.7. The third-order valence-electron chi connectivity index (χ3n) is 4.44. The van der Waals surface area contributed by atoms with E-state index < -0.39 is 5.60 Å². The fraction of sp³-hybridized carbons (Fsp3) is 0.400. The molecule has 1 N–H and O–H groups in total. The topological polar surface area (TPSA) is 32.7 Å². The zero-order chi connectivity index (χ0) is 17.0. The van der Waals surface area contributed by atoms with Gasteiger partial charge in [-0.3, -0.25) is 0 Å². The maximum Gasteiger partial charge on any atom is 0.119 e. The Morgan fingerprint density at radius 3 is 2.22 bits per heavy atom. The summed E-state index contributed by atoms with van der Waals surface area (Å²) in [5.41, 5.74) is 1.90. The molecule has 0 heterocycles. The fourth-order valence-corrected chi connectivity index (χ4v) is 3.23.